The lowest BCUT2D eigenvalue weighted by molar-refractivity contribution is -0.385. The van der Waals surface area contributed by atoms with Gasteiger partial charge >= 0.3 is 5.76 Å². The predicted octanol–water partition coefficient (Wildman–Crippen LogP) is 1.79. The van der Waals surface area contributed by atoms with E-state index in [4.69, 9.17) is 4.42 Å². The van der Waals surface area contributed by atoms with Gasteiger partial charge in [-0.2, -0.15) is 0 Å². The number of hydrogen-bond donors (Lipinski definition) is 1. The molecule has 0 unspecified atom stereocenters. The number of rotatable bonds is 1. The molecule has 72 valence electrons. The lowest BCUT2D eigenvalue weighted by atomic mass is 10.3. The molecule has 1 aromatic carbocycles. The minimum absolute atomic E-state index is 0.116. The van der Waals surface area contributed by atoms with E-state index in [1.54, 1.807) is 0 Å². The molecule has 1 N–H and O–H groups in total. The second-order valence-electron chi connectivity index (χ2n) is 2.57. The van der Waals surface area contributed by atoms with Crippen molar-refractivity contribution in [1.82, 2.24) is 4.98 Å². The molecular weight excluding hydrogens is 256 g/mol. The molecule has 0 fully saturated rings. The molecule has 0 saturated heterocycles. The van der Waals surface area contributed by atoms with Crippen LogP contribution < -0.4 is 5.76 Å². The Bertz CT molecular complexity index is 571. The van der Waals surface area contributed by atoms with Gasteiger partial charge in [0, 0.05) is 12.1 Å². The lowest BCUT2D eigenvalue weighted by Gasteiger charge is -1.93. The predicted molar refractivity (Wildman–Crippen MR) is 51.2 cm³/mol. The van der Waals surface area contributed by atoms with Crippen molar-refractivity contribution in [3.05, 3.63) is 37.3 Å². The Kier molecular flexibility index (Phi) is 1.88. The zero-order valence-electron chi connectivity index (χ0n) is 6.61. The highest BCUT2D eigenvalue weighted by molar-refractivity contribution is 9.10. The third-order valence-corrected chi connectivity index (χ3v) is 2.32. The molecule has 14 heavy (non-hydrogen) atoms. The molecule has 0 aliphatic carbocycles. The number of aromatic nitrogens is 1. The van der Waals surface area contributed by atoms with Gasteiger partial charge in [-0.3, -0.25) is 15.1 Å². The number of fused-ring (bicyclic) bond motifs is 1. The summed E-state index contributed by atoms with van der Waals surface area (Å²) in [7, 11) is 0. The van der Waals surface area contributed by atoms with Crippen LogP contribution in [0.1, 0.15) is 0 Å². The average molecular weight is 259 g/mol. The minimum atomic E-state index is -0.632. The Labute approximate surface area is 84.8 Å². The van der Waals surface area contributed by atoms with Crippen LogP contribution >= 0.6 is 15.9 Å². The van der Waals surface area contributed by atoms with Crippen LogP contribution in [0.5, 0.6) is 0 Å². The van der Waals surface area contributed by atoms with E-state index in [0.717, 1.165) is 0 Å². The molecule has 7 heteroatoms. The van der Waals surface area contributed by atoms with Crippen LogP contribution in [-0.4, -0.2) is 9.91 Å². The van der Waals surface area contributed by atoms with Gasteiger partial charge in [0.15, 0.2) is 5.58 Å². The van der Waals surface area contributed by atoms with Crippen molar-refractivity contribution in [2.24, 2.45) is 0 Å². The smallest absolute Gasteiger partial charge is 0.408 e. The topological polar surface area (TPSA) is 89.1 Å². The number of nitro groups is 1. The molecule has 0 aliphatic heterocycles. The molecule has 0 amide bonds. The van der Waals surface area contributed by atoms with E-state index >= 15 is 0 Å². The zero-order valence-corrected chi connectivity index (χ0v) is 8.20. The molecule has 1 aromatic heterocycles. The quantitative estimate of drug-likeness (QED) is 0.624. The molecule has 1 heterocycles. The second kappa shape index (κ2) is 2.95. The van der Waals surface area contributed by atoms with Crippen LogP contribution in [0.4, 0.5) is 5.69 Å². The summed E-state index contributed by atoms with van der Waals surface area (Å²) in [5.74, 6) is -0.632. The molecular formula is C7H3BrN2O4. The summed E-state index contributed by atoms with van der Waals surface area (Å²) in [6.45, 7) is 0. The highest BCUT2D eigenvalue weighted by atomic mass is 79.9. The molecule has 2 aromatic rings. The molecule has 6 nitrogen and oxygen atoms in total. The summed E-state index contributed by atoms with van der Waals surface area (Å²) in [5, 5.41) is 10.5. The highest BCUT2D eigenvalue weighted by Crippen LogP contribution is 2.28. The molecule has 0 aliphatic rings. The van der Waals surface area contributed by atoms with Crippen molar-refractivity contribution in [2.75, 3.05) is 0 Å². The van der Waals surface area contributed by atoms with E-state index in [-0.39, 0.29) is 15.7 Å². The fourth-order valence-corrected chi connectivity index (χ4v) is 1.57. The van der Waals surface area contributed by atoms with Gasteiger partial charge in [0.2, 0.25) is 0 Å². The van der Waals surface area contributed by atoms with Gasteiger partial charge < -0.3 is 4.42 Å². The normalized spacial score (nSPS) is 10.6. The Morgan fingerprint density at radius 2 is 2.21 bits per heavy atom. The summed E-state index contributed by atoms with van der Waals surface area (Å²) in [4.78, 5) is 23.1. The van der Waals surface area contributed by atoms with Crippen molar-refractivity contribution >= 4 is 32.7 Å². The van der Waals surface area contributed by atoms with Crippen molar-refractivity contribution in [3.63, 3.8) is 0 Å². The van der Waals surface area contributed by atoms with E-state index in [2.05, 4.69) is 20.9 Å². The van der Waals surface area contributed by atoms with Gasteiger partial charge in [0.05, 0.1) is 14.9 Å². The van der Waals surface area contributed by atoms with Gasteiger partial charge in [-0.15, -0.1) is 0 Å². The maximum Gasteiger partial charge on any atom is 0.417 e. The number of aromatic amines is 1. The number of nitro benzene ring substituents is 1. The first kappa shape index (κ1) is 8.95. The largest absolute Gasteiger partial charge is 0.417 e. The molecule has 0 bridgehead atoms. The van der Waals surface area contributed by atoms with Crippen molar-refractivity contribution in [1.29, 1.82) is 0 Å². The monoisotopic (exact) mass is 258 g/mol. The number of benzene rings is 1. The minimum Gasteiger partial charge on any atom is -0.408 e. The maximum absolute atomic E-state index is 10.8. The van der Waals surface area contributed by atoms with Crippen LogP contribution in [0.15, 0.2) is 25.8 Å². The molecule has 0 atom stereocenters. The lowest BCUT2D eigenvalue weighted by Crippen LogP contribution is -1.93. The standard InChI is InChI=1S/C7H3BrN2O4/c8-3-1-6-4(9-7(11)14-6)2-5(3)10(12)13/h1-2H,(H,9,11). The van der Waals surface area contributed by atoms with Crippen LogP contribution in [0, 0.1) is 10.1 Å². The first-order valence-corrected chi connectivity index (χ1v) is 4.34. The van der Waals surface area contributed by atoms with Crippen molar-refractivity contribution < 1.29 is 9.34 Å². The van der Waals surface area contributed by atoms with Crippen LogP contribution in [0.2, 0.25) is 0 Å². The number of nitrogens with one attached hydrogen (secondary N) is 1. The number of hydrogen-bond acceptors (Lipinski definition) is 4. The molecule has 0 radical (unpaired) electrons. The van der Waals surface area contributed by atoms with E-state index in [1.807, 2.05) is 0 Å². The summed E-state index contributed by atoms with van der Waals surface area (Å²) in [6, 6.07) is 2.62. The van der Waals surface area contributed by atoms with E-state index in [1.165, 1.54) is 12.1 Å². The number of H-pyrrole nitrogens is 1. The molecule has 0 spiro atoms. The number of nitrogens with zero attached hydrogens (tertiary/aromatic N) is 1. The van der Waals surface area contributed by atoms with E-state index < -0.39 is 10.7 Å². The van der Waals surface area contributed by atoms with Gasteiger partial charge in [-0.05, 0) is 15.9 Å². The van der Waals surface area contributed by atoms with E-state index in [0.29, 0.717) is 5.52 Å². The Morgan fingerprint density at radius 1 is 1.50 bits per heavy atom. The van der Waals surface area contributed by atoms with Gasteiger partial charge in [0.25, 0.3) is 5.69 Å². The Hall–Kier alpha value is -1.63. The summed E-state index contributed by atoms with van der Waals surface area (Å²) in [5.41, 5.74) is 0.479. The average Bonchev–Trinajstić information content (AvgIpc) is 2.42. The van der Waals surface area contributed by atoms with Crippen LogP contribution in [0.25, 0.3) is 11.1 Å². The zero-order chi connectivity index (χ0) is 10.3. The second-order valence-corrected chi connectivity index (χ2v) is 3.43. The Morgan fingerprint density at radius 3 is 2.86 bits per heavy atom. The summed E-state index contributed by atoms with van der Waals surface area (Å²) in [6.07, 6.45) is 0. The van der Waals surface area contributed by atoms with Crippen molar-refractivity contribution in [3.8, 4) is 0 Å². The van der Waals surface area contributed by atoms with Crippen LogP contribution in [0.3, 0.4) is 0 Å². The van der Waals surface area contributed by atoms with Gasteiger partial charge in [0.1, 0.15) is 0 Å². The third-order valence-electron chi connectivity index (χ3n) is 1.69. The SMILES string of the molecule is O=c1[nH]c2cc([N+](=O)[O-])c(Br)cc2o1. The fraction of sp³-hybridized carbons (Fsp3) is 0. The van der Waals surface area contributed by atoms with Gasteiger partial charge in [-0.25, -0.2) is 4.79 Å². The first-order chi connectivity index (χ1) is 6.58. The van der Waals surface area contributed by atoms with Crippen LogP contribution in [-0.2, 0) is 0 Å². The number of halogens is 1. The molecule has 0 saturated carbocycles. The summed E-state index contributed by atoms with van der Waals surface area (Å²) >= 11 is 3.01. The fourth-order valence-electron chi connectivity index (χ4n) is 1.10. The number of oxazole rings is 1. The first-order valence-electron chi connectivity index (χ1n) is 3.54. The third kappa shape index (κ3) is 1.31. The summed E-state index contributed by atoms with van der Waals surface area (Å²) < 4.78 is 5.00. The molecule has 2 rings (SSSR count). The maximum atomic E-state index is 10.8. The van der Waals surface area contributed by atoms with Gasteiger partial charge in [-0.1, -0.05) is 0 Å². The Balaban J connectivity index is 2.82. The van der Waals surface area contributed by atoms with E-state index in [9.17, 15) is 14.9 Å². The van der Waals surface area contributed by atoms with Crippen molar-refractivity contribution in [2.45, 2.75) is 0 Å². The highest BCUT2D eigenvalue weighted by Gasteiger charge is 2.15.